The number of nitrogens with one attached hydrogen (secondary N) is 2. The van der Waals surface area contributed by atoms with Crippen LogP contribution in [0.25, 0.3) is 21.9 Å². The predicted octanol–water partition coefficient (Wildman–Crippen LogP) is 4.17. The predicted molar refractivity (Wildman–Crippen MR) is 121 cm³/mol. The van der Waals surface area contributed by atoms with Gasteiger partial charge in [-0.05, 0) is 66.6 Å². The van der Waals surface area contributed by atoms with Gasteiger partial charge in [0.1, 0.15) is 11.5 Å². The number of anilines is 1. The van der Waals surface area contributed by atoms with E-state index in [-0.39, 0.29) is 5.91 Å². The van der Waals surface area contributed by atoms with Crippen LogP contribution in [0, 0.1) is 6.92 Å². The molecule has 0 aliphatic carbocycles. The van der Waals surface area contributed by atoms with Gasteiger partial charge >= 0.3 is 0 Å². The van der Waals surface area contributed by atoms with Crippen LogP contribution in [0.4, 0.5) is 5.82 Å². The standard InChI is InChI=1S/C24H22N6O/c1-15-11-18-12-16(4-5-21(18)29-22(15)25)24(31)30(14-19-3-2-8-26-19)13-17-6-9-27-23-20(17)7-10-28-23/h2-12,26H,13-14H2,1H3,(H2,25,29)(H,27,28). The lowest BCUT2D eigenvalue weighted by molar-refractivity contribution is 0.0729. The average Bonchev–Trinajstić information content (AvgIpc) is 3.45. The number of rotatable bonds is 5. The van der Waals surface area contributed by atoms with E-state index in [9.17, 15) is 4.79 Å². The smallest absolute Gasteiger partial charge is 0.254 e. The van der Waals surface area contributed by atoms with Gasteiger partial charge in [0.2, 0.25) is 0 Å². The quantitative estimate of drug-likeness (QED) is 0.404. The summed E-state index contributed by atoms with van der Waals surface area (Å²) >= 11 is 0. The third-order valence-electron chi connectivity index (χ3n) is 5.51. The van der Waals surface area contributed by atoms with Gasteiger partial charge in [0.15, 0.2) is 0 Å². The summed E-state index contributed by atoms with van der Waals surface area (Å²) in [4.78, 5) is 30.5. The lowest BCUT2D eigenvalue weighted by Crippen LogP contribution is -2.30. The summed E-state index contributed by atoms with van der Waals surface area (Å²) in [5.74, 6) is 0.458. The van der Waals surface area contributed by atoms with E-state index < -0.39 is 0 Å². The second-order valence-electron chi connectivity index (χ2n) is 7.66. The molecule has 0 unspecified atom stereocenters. The van der Waals surface area contributed by atoms with Crippen molar-refractivity contribution in [2.45, 2.75) is 20.0 Å². The van der Waals surface area contributed by atoms with Crippen LogP contribution in [0.5, 0.6) is 0 Å². The normalized spacial score (nSPS) is 11.3. The number of pyridine rings is 2. The molecule has 0 saturated carbocycles. The number of aryl methyl sites for hydroxylation is 1. The van der Waals surface area contributed by atoms with Crippen LogP contribution >= 0.6 is 0 Å². The van der Waals surface area contributed by atoms with Gasteiger partial charge in [0, 0.05) is 47.2 Å². The van der Waals surface area contributed by atoms with Crippen molar-refractivity contribution in [3.05, 3.63) is 89.5 Å². The van der Waals surface area contributed by atoms with Crippen LogP contribution in [0.3, 0.4) is 0 Å². The molecule has 31 heavy (non-hydrogen) atoms. The molecule has 0 aliphatic rings. The zero-order valence-corrected chi connectivity index (χ0v) is 17.1. The third kappa shape index (κ3) is 3.61. The highest BCUT2D eigenvalue weighted by atomic mass is 16.2. The third-order valence-corrected chi connectivity index (χ3v) is 5.51. The molecular formula is C24H22N6O. The Morgan fingerprint density at radius 3 is 2.81 bits per heavy atom. The molecule has 154 valence electrons. The zero-order valence-electron chi connectivity index (χ0n) is 17.1. The lowest BCUT2D eigenvalue weighted by Gasteiger charge is -2.23. The number of benzene rings is 1. The maximum atomic E-state index is 13.6. The van der Waals surface area contributed by atoms with Crippen molar-refractivity contribution in [3.8, 4) is 0 Å². The van der Waals surface area contributed by atoms with Gasteiger partial charge in [-0.15, -0.1) is 0 Å². The summed E-state index contributed by atoms with van der Waals surface area (Å²) in [6.07, 6.45) is 5.49. The van der Waals surface area contributed by atoms with Crippen molar-refractivity contribution in [1.82, 2.24) is 24.8 Å². The fraction of sp³-hybridized carbons (Fsp3) is 0.125. The van der Waals surface area contributed by atoms with E-state index in [2.05, 4.69) is 19.9 Å². The first-order chi connectivity index (χ1) is 15.1. The molecule has 4 aromatic heterocycles. The van der Waals surface area contributed by atoms with Crippen molar-refractivity contribution in [2.75, 3.05) is 5.73 Å². The molecule has 0 radical (unpaired) electrons. The highest BCUT2D eigenvalue weighted by Gasteiger charge is 2.19. The Kier molecular flexibility index (Phi) is 4.63. The number of hydrogen-bond donors (Lipinski definition) is 3. The van der Waals surface area contributed by atoms with E-state index in [0.29, 0.717) is 24.5 Å². The number of nitrogens with zero attached hydrogens (tertiary/aromatic N) is 3. The van der Waals surface area contributed by atoms with Crippen LogP contribution in [-0.2, 0) is 13.1 Å². The van der Waals surface area contributed by atoms with Crippen LogP contribution < -0.4 is 5.73 Å². The number of H-pyrrole nitrogens is 2. The molecule has 0 spiro atoms. The first-order valence-corrected chi connectivity index (χ1v) is 10.1. The molecule has 4 N–H and O–H groups in total. The SMILES string of the molecule is Cc1cc2cc(C(=O)N(Cc3ccc[nH]3)Cc3ccnc4[nH]ccc34)ccc2nc1N. The maximum absolute atomic E-state index is 13.6. The fourth-order valence-corrected chi connectivity index (χ4v) is 3.85. The minimum atomic E-state index is -0.0496. The molecule has 5 aromatic rings. The Labute approximate surface area is 178 Å². The summed E-state index contributed by atoms with van der Waals surface area (Å²) in [5.41, 5.74) is 11.0. The number of aromatic nitrogens is 4. The first kappa shape index (κ1) is 18.9. The van der Waals surface area contributed by atoms with Gasteiger partial charge < -0.3 is 20.6 Å². The minimum Gasteiger partial charge on any atom is -0.383 e. The molecule has 0 atom stereocenters. The van der Waals surface area contributed by atoms with E-state index in [1.54, 1.807) is 6.20 Å². The summed E-state index contributed by atoms with van der Waals surface area (Å²) in [7, 11) is 0. The monoisotopic (exact) mass is 410 g/mol. The average molecular weight is 410 g/mol. The van der Waals surface area contributed by atoms with Crippen LogP contribution in [0.1, 0.15) is 27.2 Å². The summed E-state index contributed by atoms with van der Waals surface area (Å²) in [6.45, 7) is 2.85. The van der Waals surface area contributed by atoms with E-state index >= 15 is 0 Å². The Hall–Kier alpha value is -4.13. The number of amides is 1. The zero-order chi connectivity index (χ0) is 21.4. The summed E-state index contributed by atoms with van der Waals surface area (Å²) in [5, 5.41) is 1.91. The minimum absolute atomic E-state index is 0.0496. The molecule has 7 nitrogen and oxygen atoms in total. The van der Waals surface area contributed by atoms with Crippen LogP contribution in [0.2, 0.25) is 0 Å². The van der Waals surface area contributed by atoms with E-state index in [1.165, 1.54) is 0 Å². The van der Waals surface area contributed by atoms with Crippen molar-refractivity contribution >= 4 is 33.7 Å². The molecule has 0 bridgehead atoms. The van der Waals surface area contributed by atoms with Gasteiger partial charge in [0.05, 0.1) is 12.1 Å². The van der Waals surface area contributed by atoms with E-state index in [1.807, 2.05) is 72.7 Å². The number of aromatic amines is 2. The topological polar surface area (TPSA) is 104 Å². The lowest BCUT2D eigenvalue weighted by atomic mass is 10.1. The summed E-state index contributed by atoms with van der Waals surface area (Å²) in [6, 6.07) is 15.4. The van der Waals surface area contributed by atoms with Crippen molar-refractivity contribution < 1.29 is 4.79 Å². The number of nitrogen functional groups attached to an aromatic ring is 1. The van der Waals surface area contributed by atoms with Gasteiger partial charge in [-0.3, -0.25) is 4.79 Å². The molecule has 1 amide bonds. The Morgan fingerprint density at radius 1 is 1.06 bits per heavy atom. The van der Waals surface area contributed by atoms with Crippen molar-refractivity contribution in [3.63, 3.8) is 0 Å². The highest BCUT2D eigenvalue weighted by molar-refractivity contribution is 5.98. The largest absolute Gasteiger partial charge is 0.383 e. The maximum Gasteiger partial charge on any atom is 0.254 e. The molecule has 0 aliphatic heterocycles. The number of nitrogens with two attached hydrogens (primary N) is 1. The number of carbonyl (C=O) groups excluding carboxylic acids is 1. The van der Waals surface area contributed by atoms with Crippen molar-refractivity contribution in [1.29, 1.82) is 0 Å². The Morgan fingerprint density at radius 2 is 1.97 bits per heavy atom. The molecule has 1 aromatic carbocycles. The van der Waals surface area contributed by atoms with Crippen molar-refractivity contribution in [2.24, 2.45) is 0 Å². The number of carbonyl (C=O) groups is 1. The van der Waals surface area contributed by atoms with E-state index in [0.717, 1.165) is 38.8 Å². The van der Waals surface area contributed by atoms with Crippen LogP contribution in [0.15, 0.2) is 67.1 Å². The molecular weight excluding hydrogens is 388 g/mol. The molecule has 7 heteroatoms. The number of fused-ring (bicyclic) bond motifs is 2. The summed E-state index contributed by atoms with van der Waals surface area (Å²) < 4.78 is 0. The second-order valence-corrected chi connectivity index (χ2v) is 7.66. The van der Waals surface area contributed by atoms with Gasteiger partial charge in [0.25, 0.3) is 5.91 Å². The first-order valence-electron chi connectivity index (χ1n) is 10.1. The molecule has 0 saturated heterocycles. The molecule has 5 rings (SSSR count). The highest BCUT2D eigenvalue weighted by Crippen LogP contribution is 2.23. The van der Waals surface area contributed by atoms with Crippen LogP contribution in [-0.4, -0.2) is 30.7 Å². The molecule has 0 fully saturated rings. The Bertz CT molecular complexity index is 1390. The van der Waals surface area contributed by atoms with Gasteiger partial charge in [-0.25, -0.2) is 9.97 Å². The second kappa shape index (κ2) is 7.60. The fourth-order valence-electron chi connectivity index (χ4n) is 3.85. The van der Waals surface area contributed by atoms with Gasteiger partial charge in [-0.2, -0.15) is 0 Å². The Balaban J connectivity index is 1.52. The van der Waals surface area contributed by atoms with E-state index in [4.69, 9.17) is 5.73 Å². The van der Waals surface area contributed by atoms with Gasteiger partial charge in [-0.1, -0.05) is 0 Å². The molecule has 4 heterocycles. The number of hydrogen-bond acceptors (Lipinski definition) is 4.